The Hall–Kier alpha value is -3.35. The Morgan fingerprint density at radius 3 is 2.44 bits per heavy atom. The lowest BCUT2D eigenvalue weighted by Crippen LogP contribution is -2.30. The molecule has 7 heteroatoms. The Bertz CT molecular complexity index is 1390. The molecule has 1 amide bonds. The molecular weight excluding hydrogens is 494 g/mol. The minimum absolute atomic E-state index is 0.0219. The molecule has 0 radical (unpaired) electrons. The smallest absolute Gasteiger partial charge is 0.294 e. The van der Waals surface area contributed by atoms with Crippen LogP contribution in [0, 0.1) is 0 Å². The van der Waals surface area contributed by atoms with Crippen LogP contribution in [0.4, 0.5) is 5.69 Å². The maximum Gasteiger partial charge on any atom is 0.294 e. The number of halogens is 2. The van der Waals surface area contributed by atoms with Gasteiger partial charge in [-0.25, -0.2) is 0 Å². The first-order valence-corrected chi connectivity index (χ1v) is 10.9. The third-order valence-electron chi connectivity index (χ3n) is 5.38. The van der Waals surface area contributed by atoms with Crippen molar-refractivity contribution in [1.82, 2.24) is 0 Å². The molecule has 1 atom stereocenters. The van der Waals surface area contributed by atoms with Gasteiger partial charge in [0.1, 0.15) is 5.58 Å². The number of aliphatic hydroxyl groups excluding tert-OH is 1. The van der Waals surface area contributed by atoms with Crippen molar-refractivity contribution in [3.8, 4) is 0 Å². The third kappa shape index (κ3) is 3.42. The van der Waals surface area contributed by atoms with E-state index >= 15 is 0 Å². The van der Waals surface area contributed by atoms with Crippen LogP contribution < -0.4 is 4.90 Å². The van der Waals surface area contributed by atoms with Crippen molar-refractivity contribution in [3.05, 3.63) is 111 Å². The lowest BCUT2D eigenvalue weighted by Gasteiger charge is -2.26. The molecule has 2 heterocycles. The Labute approximate surface area is 196 Å². The fraction of sp³-hybridized carbons (Fsp3) is 0.0400. The molecule has 0 bridgehead atoms. The van der Waals surface area contributed by atoms with E-state index in [-0.39, 0.29) is 11.3 Å². The second kappa shape index (κ2) is 7.97. The van der Waals surface area contributed by atoms with E-state index in [9.17, 15) is 14.7 Å². The Balaban J connectivity index is 1.66. The molecule has 0 fully saturated rings. The van der Waals surface area contributed by atoms with Crippen molar-refractivity contribution in [1.29, 1.82) is 0 Å². The highest BCUT2D eigenvalue weighted by atomic mass is 79.9. The van der Waals surface area contributed by atoms with Gasteiger partial charge in [-0.1, -0.05) is 57.9 Å². The Morgan fingerprint density at radius 1 is 1.00 bits per heavy atom. The molecule has 5 rings (SSSR count). The van der Waals surface area contributed by atoms with Gasteiger partial charge in [0.05, 0.1) is 11.6 Å². The van der Waals surface area contributed by atoms with E-state index in [1.807, 2.05) is 30.3 Å². The largest absolute Gasteiger partial charge is 0.503 e. The van der Waals surface area contributed by atoms with Crippen molar-refractivity contribution in [3.63, 3.8) is 0 Å². The normalized spacial score (nSPS) is 16.2. The van der Waals surface area contributed by atoms with Gasteiger partial charge in [-0.15, -0.1) is 0 Å². The van der Waals surface area contributed by atoms with Crippen LogP contribution in [0.1, 0.15) is 22.2 Å². The van der Waals surface area contributed by atoms with E-state index in [1.54, 1.807) is 48.5 Å². The zero-order valence-corrected chi connectivity index (χ0v) is 18.8. The number of hydrogen-bond acceptors (Lipinski definition) is 4. The highest BCUT2D eigenvalue weighted by molar-refractivity contribution is 9.10. The van der Waals surface area contributed by atoms with Crippen LogP contribution in [0.15, 0.2) is 99.1 Å². The summed E-state index contributed by atoms with van der Waals surface area (Å²) in [6.07, 6.45) is 0. The highest BCUT2D eigenvalue weighted by Gasteiger charge is 2.45. The number of benzene rings is 3. The number of carbonyl (C=O) groups excluding carboxylic acids is 2. The van der Waals surface area contributed by atoms with Gasteiger partial charge in [0, 0.05) is 20.6 Å². The van der Waals surface area contributed by atoms with E-state index in [1.165, 1.54) is 4.90 Å². The standard InChI is InChI=1S/C25H15BrClNO4/c26-16-8-6-14(7-9-16)22-21(24(30)25(31)28(22)18-4-2-1-3-5-18)23(29)20-13-15-12-17(27)10-11-19(15)32-20/h1-13,22,30H. The number of fused-ring (bicyclic) bond motifs is 1. The molecule has 4 aromatic rings. The molecule has 32 heavy (non-hydrogen) atoms. The maximum absolute atomic E-state index is 13.6. The predicted octanol–water partition coefficient (Wildman–Crippen LogP) is 6.63. The quantitative estimate of drug-likeness (QED) is 0.314. The lowest BCUT2D eigenvalue weighted by atomic mass is 9.95. The zero-order chi connectivity index (χ0) is 22.4. The summed E-state index contributed by atoms with van der Waals surface area (Å²) < 4.78 is 6.59. The van der Waals surface area contributed by atoms with Crippen molar-refractivity contribution in [2.75, 3.05) is 4.90 Å². The average molecular weight is 509 g/mol. The molecule has 1 N–H and O–H groups in total. The summed E-state index contributed by atoms with van der Waals surface area (Å²) in [5, 5.41) is 12.0. The summed E-state index contributed by atoms with van der Waals surface area (Å²) in [4.78, 5) is 28.1. The Morgan fingerprint density at radius 2 is 1.72 bits per heavy atom. The molecule has 0 saturated carbocycles. The minimum atomic E-state index is -0.817. The zero-order valence-electron chi connectivity index (χ0n) is 16.5. The van der Waals surface area contributed by atoms with Crippen molar-refractivity contribution < 1.29 is 19.1 Å². The number of anilines is 1. The van der Waals surface area contributed by atoms with Gasteiger partial charge < -0.3 is 9.52 Å². The van der Waals surface area contributed by atoms with Gasteiger partial charge in [-0.2, -0.15) is 0 Å². The maximum atomic E-state index is 13.6. The molecule has 5 nitrogen and oxygen atoms in total. The van der Waals surface area contributed by atoms with E-state index < -0.39 is 23.5 Å². The van der Waals surface area contributed by atoms with Gasteiger partial charge in [-0.3, -0.25) is 14.5 Å². The number of aliphatic hydroxyl groups is 1. The predicted molar refractivity (Wildman–Crippen MR) is 126 cm³/mol. The number of furan rings is 1. The van der Waals surface area contributed by atoms with Crippen LogP contribution in [0.25, 0.3) is 11.0 Å². The van der Waals surface area contributed by atoms with E-state index in [2.05, 4.69) is 15.9 Å². The lowest BCUT2D eigenvalue weighted by molar-refractivity contribution is -0.117. The van der Waals surface area contributed by atoms with E-state index in [4.69, 9.17) is 16.0 Å². The monoisotopic (exact) mass is 507 g/mol. The fourth-order valence-electron chi connectivity index (χ4n) is 3.91. The summed E-state index contributed by atoms with van der Waals surface area (Å²) in [6.45, 7) is 0. The fourth-order valence-corrected chi connectivity index (χ4v) is 4.36. The Kier molecular flexibility index (Phi) is 5.12. The van der Waals surface area contributed by atoms with Crippen LogP contribution >= 0.6 is 27.5 Å². The molecule has 3 aromatic carbocycles. The molecular formula is C25H15BrClNO4. The summed E-state index contributed by atoms with van der Waals surface area (Å²) in [7, 11) is 0. The van der Waals surface area contributed by atoms with Crippen LogP contribution in [-0.2, 0) is 4.79 Å². The van der Waals surface area contributed by atoms with Gasteiger partial charge >= 0.3 is 0 Å². The third-order valence-corrected chi connectivity index (χ3v) is 6.14. The van der Waals surface area contributed by atoms with E-state index in [0.29, 0.717) is 27.2 Å². The number of carbonyl (C=O) groups is 2. The molecule has 1 aliphatic heterocycles. The van der Waals surface area contributed by atoms with Gasteiger partial charge in [0.15, 0.2) is 11.5 Å². The number of nitrogens with zero attached hydrogens (tertiary/aromatic N) is 1. The molecule has 158 valence electrons. The highest BCUT2D eigenvalue weighted by Crippen LogP contribution is 2.42. The van der Waals surface area contributed by atoms with Crippen molar-refractivity contribution in [2.24, 2.45) is 0 Å². The second-order valence-corrected chi connectivity index (χ2v) is 8.70. The molecule has 0 spiro atoms. The van der Waals surface area contributed by atoms with Gasteiger partial charge in [0.25, 0.3) is 5.91 Å². The SMILES string of the molecule is O=C(C1=C(O)C(=O)N(c2ccccc2)C1c1ccc(Br)cc1)c1cc2cc(Cl)ccc2o1. The topological polar surface area (TPSA) is 70.8 Å². The first kappa shape index (κ1) is 20.5. The van der Waals surface area contributed by atoms with Crippen LogP contribution in [0.3, 0.4) is 0 Å². The molecule has 0 aliphatic carbocycles. The minimum Gasteiger partial charge on any atom is -0.503 e. The van der Waals surface area contributed by atoms with Crippen LogP contribution in [-0.4, -0.2) is 16.8 Å². The number of para-hydroxylation sites is 1. The average Bonchev–Trinajstić information content (AvgIpc) is 3.33. The van der Waals surface area contributed by atoms with Crippen molar-refractivity contribution in [2.45, 2.75) is 6.04 Å². The van der Waals surface area contributed by atoms with Crippen LogP contribution in [0.5, 0.6) is 0 Å². The number of ketones is 1. The molecule has 1 aliphatic rings. The van der Waals surface area contributed by atoms with Crippen molar-refractivity contribution >= 4 is 55.9 Å². The number of hydrogen-bond donors (Lipinski definition) is 1. The number of rotatable bonds is 4. The summed E-state index contributed by atoms with van der Waals surface area (Å²) in [5.41, 5.74) is 1.70. The van der Waals surface area contributed by atoms with Gasteiger partial charge in [-0.05, 0) is 54.1 Å². The number of amides is 1. The molecule has 1 unspecified atom stereocenters. The summed E-state index contributed by atoms with van der Waals surface area (Å²) in [5.74, 6) is -1.78. The van der Waals surface area contributed by atoms with E-state index in [0.717, 1.165) is 4.47 Å². The molecule has 1 aromatic heterocycles. The number of Topliss-reactive ketones (excluding diaryl/α,β-unsaturated/α-hetero) is 1. The molecule has 0 saturated heterocycles. The van der Waals surface area contributed by atoms with Crippen LogP contribution in [0.2, 0.25) is 5.02 Å². The first-order valence-electron chi connectivity index (χ1n) is 9.75. The summed E-state index contributed by atoms with van der Waals surface area (Å²) in [6, 6.07) is 22.0. The van der Waals surface area contributed by atoms with Gasteiger partial charge in [0.2, 0.25) is 5.78 Å². The first-order chi connectivity index (χ1) is 15.4. The summed E-state index contributed by atoms with van der Waals surface area (Å²) >= 11 is 9.46. The second-order valence-electron chi connectivity index (χ2n) is 7.35.